The van der Waals surface area contributed by atoms with Crippen LogP contribution in [0.2, 0.25) is 0 Å². The summed E-state index contributed by atoms with van der Waals surface area (Å²) < 4.78 is 27.1. The standard InChI is InChI=1S/C15H24N2O3S/c1-6-13(5)17-14(18)9-16-21(19,20)15-11(3)7-10(2)8-12(15)4/h7-8,13,16H,6,9H2,1-5H3,(H,17,18)/t13-/m1/s1. The summed E-state index contributed by atoms with van der Waals surface area (Å²) in [5.41, 5.74) is 2.38. The van der Waals surface area contributed by atoms with Gasteiger partial charge in [0.1, 0.15) is 0 Å². The summed E-state index contributed by atoms with van der Waals surface area (Å²) >= 11 is 0. The third kappa shape index (κ3) is 4.82. The van der Waals surface area contributed by atoms with Crippen molar-refractivity contribution >= 4 is 15.9 Å². The van der Waals surface area contributed by atoms with E-state index in [4.69, 9.17) is 0 Å². The summed E-state index contributed by atoms with van der Waals surface area (Å²) in [7, 11) is -3.69. The van der Waals surface area contributed by atoms with Crippen molar-refractivity contribution in [3.8, 4) is 0 Å². The number of hydrogen-bond donors (Lipinski definition) is 2. The molecule has 0 spiro atoms. The second kappa shape index (κ2) is 7.04. The van der Waals surface area contributed by atoms with Crippen LogP contribution in [-0.2, 0) is 14.8 Å². The van der Waals surface area contributed by atoms with Crippen molar-refractivity contribution in [2.24, 2.45) is 0 Å². The van der Waals surface area contributed by atoms with E-state index < -0.39 is 10.0 Å². The lowest BCUT2D eigenvalue weighted by Crippen LogP contribution is -2.40. The van der Waals surface area contributed by atoms with Crippen LogP contribution in [-0.4, -0.2) is 26.9 Å². The Morgan fingerprint density at radius 2 is 1.71 bits per heavy atom. The number of sulfonamides is 1. The highest BCUT2D eigenvalue weighted by Gasteiger charge is 2.20. The first-order chi connectivity index (χ1) is 9.67. The molecular formula is C15H24N2O3S. The van der Waals surface area contributed by atoms with E-state index >= 15 is 0 Å². The molecule has 1 rings (SSSR count). The second-order valence-corrected chi connectivity index (χ2v) is 7.13. The molecule has 0 heterocycles. The van der Waals surface area contributed by atoms with Crippen LogP contribution in [0.4, 0.5) is 0 Å². The lowest BCUT2D eigenvalue weighted by Gasteiger charge is -2.14. The number of benzene rings is 1. The van der Waals surface area contributed by atoms with Gasteiger partial charge in [-0.15, -0.1) is 0 Å². The number of carbonyl (C=O) groups is 1. The minimum absolute atomic E-state index is 0.0323. The smallest absolute Gasteiger partial charge is 0.241 e. The van der Waals surface area contributed by atoms with Crippen LogP contribution < -0.4 is 10.0 Å². The molecule has 1 aromatic rings. The van der Waals surface area contributed by atoms with Gasteiger partial charge in [-0.3, -0.25) is 4.79 Å². The normalized spacial score (nSPS) is 13.0. The van der Waals surface area contributed by atoms with Gasteiger partial charge in [0.25, 0.3) is 0 Å². The average molecular weight is 312 g/mol. The molecule has 0 aliphatic rings. The van der Waals surface area contributed by atoms with E-state index in [1.807, 2.05) is 32.9 Å². The van der Waals surface area contributed by atoms with Crippen LogP contribution in [0.1, 0.15) is 37.0 Å². The maximum absolute atomic E-state index is 12.4. The maximum atomic E-state index is 12.4. The molecule has 0 saturated heterocycles. The van der Waals surface area contributed by atoms with E-state index in [9.17, 15) is 13.2 Å². The Morgan fingerprint density at radius 1 is 1.19 bits per heavy atom. The van der Waals surface area contributed by atoms with Crippen molar-refractivity contribution in [1.29, 1.82) is 0 Å². The summed E-state index contributed by atoms with van der Waals surface area (Å²) in [6.45, 7) is 9.01. The molecule has 21 heavy (non-hydrogen) atoms. The van der Waals surface area contributed by atoms with Gasteiger partial charge in [-0.25, -0.2) is 13.1 Å². The molecule has 0 aromatic heterocycles. The van der Waals surface area contributed by atoms with Gasteiger partial charge in [-0.2, -0.15) is 0 Å². The van der Waals surface area contributed by atoms with E-state index in [1.165, 1.54) is 0 Å². The van der Waals surface area contributed by atoms with E-state index in [0.717, 1.165) is 12.0 Å². The van der Waals surface area contributed by atoms with Crippen LogP contribution in [0.5, 0.6) is 0 Å². The van der Waals surface area contributed by atoms with Crippen LogP contribution >= 0.6 is 0 Å². The summed E-state index contributed by atoms with van der Waals surface area (Å²) in [6.07, 6.45) is 0.800. The lowest BCUT2D eigenvalue weighted by molar-refractivity contribution is -0.120. The highest BCUT2D eigenvalue weighted by molar-refractivity contribution is 7.89. The van der Waals surface area contributed by atoms with Gasteiger partial charge >= 0.3 is 0 Å². The minimum atomic E-state index is -3.69. The molecule has 1 aromatic carbocycles. The fourth-order valence-corrected chi connectivity index (χ4v) is 3.68. The first kappa shape index (κ1) is 17.7. The van der Waals surface area contributed by atoms with Gasteiger partial charge < -0.3 is 5.32 Å². The third-order valence-electron chi connectivity index (χ3n) is 3.32. The Hall–Kier alpha value is -1.40. The van der Waals surface area contributed by atoms with Crippen molar-refractivity contribution < 1.29 is 13.2 Å². The summed E-state index contributed by atoms with van der Waals surface area (Å²) in [4.78, 5) is 11.9. The Bertz CT molecular complexity index is 601. The fourth-order valence-electron chi connectivity index (χ4n) is 2.25. The van der Waals surface area contributed by atoms with E-state index in [1.54, 1.807) is 13.8 Å². The van der Waals surface area contributed by atoms with Crippen LogP contribution in [0.25, 0.3) is 0 Å². The SMILES string of the molecule is CC[C@@H](C)NC(=O)CNS(=O)(=O)c1c(C)cc(C)cc1C. The topological polar surface area (TPSA) is 75.3 Å². The Labute approximate surface area is 127 Å². The minimum Gasteiger partial charge on any atom is -0.353 e. The Kier molecular flexibility index (Phi) is 5.92. The molecule has 0 radical (unpaired) electrons. The third-order valence-corrected chi connectivity index (χ3v) is 5.02. The predicted octanol–water partition coefficient (Wildman–Crippen LogP) is 1.80. The van der Waals surface area contributed by atoms with E-state index in [-0.39, 0.29) is 23.4 Å². The van der Waals surface area contributed by atoms with Gasteiger partial charge in [0.15, 0.2) is 0 Å². The van der Waals surface area contributed by atoms with Gasteiger partial charge in [0, 0.05) is 6.04 Å². The monoisotopic (exact) mass is 312 g/mol. The summed E-state index contributed by atoms with van der Waals surface area (Å²) in [6, 6.07) is 3.67. The predicted molar refractivity (Wildman–Crippen MR) is 83.7 cm³/mol. The molecular weight excluding hydrogens is 288 g/mol. The Morgan fingerprint density at radius 3 is 2.19 bits per heavy atom. The van der Waals surface area contributed by atoms with Crippen molar-refractivity contribution in [2.75, 3.05) is 6.54 Å². The zero-order chi connectivity index (χ0) is 16.2. The summed E-state index contributed by atoms with van der Waals surface area (Å²) in [5, 5.41) is 2.73. The van der Waals surface area contributed by atoms with Crippen molar-refractivity contribution in [1.82, 2.24) is 10.0 Å². The molecule has 0 aliphatic carbocycles. The quantitative estimate of drug-likeness (QED) is 0.841. The number of carbonyl (C=O) groups excluding carboxylic acids is 1. The molecule has 5 nitrogen and oxygen atoms in total. The van der Waals surface area contributed by atoms with Crippen molar-refractivity contribution in [3.63, 3.8) is 0 Å². The molecule has 1 amide bonds. The highest BCUT2D eigenvalue weighted by atomic mass is 32.2. The molecule has 0 saturated carbocycles. The zero-order valence-electron chi connectivity index (χ0n) is 13.3. The van der Waals surface area contributed by atoms with Crippen LogP contribution in [0, 0.1) is 20.8 Å². The molecule has 2 N–H and O–H groups in total. The number of hydrogen-bond acceptors (Lipinski definition) is 3. The van der Waals surface area contributed by atoms with Crippen LogP contribution in [0.3, 0.4) is 0 Å². The lowest BCUT2D eigenvalue weighted by atomic mass is 10.1. The molecule has 118 valence electrons. The van der Waals surface area contributed by atoms with Crippen molar-refractivity contribution in [2.45, 2.75) is 52.0 Å². The maximum Gasteiger partial charge on any atom is 0.241 e. The van der Waals surface area contributed by atoms with E-state index in [0.29, 0.717) is 11.1 Å². The second-order valence-electron chi connectivity index (χ2n) is 5.43. The number of rotatable bonds is 6. The van der Waals surface area contributed by atoms with Gasteiger partial charge in [-0.1, -0.05) is 24.6 Å². The van der Waals surface area contributed by atoms with Gasteiger partial charge in [0.2, 0.25) is 15.9 Å². The fraction of sp³-hybridized carbons (Fsp3) is 0.533. The van der Waals surface area contributed by atoms with Crippen LogP contribution in [0.15, 0.2) is 17.0 Å². The first-order valence-electron chi connectivity index (χ1n) is 7.04. The molecule has 0 unspecified atom stereocenters. The zero-order valence-corrected chi connectivity index (χ0v) is 14.1. The number of aryl methyl sites for hydroxylation is 3. The first-order valence-corrected chi connectivity index (χ1v) is 8.52. The Balaban J connectivity index is 2.86. The molecule has 0 fully saturated rings. The van der Waals surface area contributed by atoms with Gasteiger partial charge in [-0.05, 0) is 45.2 Å². The van der Waals surface area contributed by atoms with E-state index in [2.05, 4.69) is 10.0 Å². The molecule has 6 heteroatoms. The van der Waals surface area contributed by atoms with Crippen molar-refractivity contribution in [3.05, 3.63) is 28.8 Å². The molecule has 1 atom stereocenters. The molecule has 0 bridgehead atoms. The number of amides is 1. The molecule has 0 aliphatic heterocycles. The summed E-state index contributed by atoms with van der Waals surface area (Å²) in [5.74, 6) is -0.324. The van der Waals surface area contributed by atoms with Gasteiger partial charge in [0.05, 0.1) is 11.4 Å². The average Bonchev–Trinajstić information content (AvgIpc) is 2.34. The largest absolute Gasteiger partial charge is 0.353 e. The highest BCUT2D eigenvalue weighted by Crippen LogP contribution is 2.21. The number of nitrogens with one attached hydrogen (secondary N) is 2.